The van der Waals surface area contributed by atoms with Gasteiger partial charge < -0.3 is 14.3 Å². The first kappa shape index (κ1) is 19.8. The lowest BCUT2D eigenvalue weighted by Gasteiger charge is -2.35. The van der Waals surface area contributed by atoms with Crippen molar-refractivity contribution in [3.63, 3.8) is 0 Å². The van der Waals surface area contributed by atoms with Crippen LogP contribution in [0, 0.1) is 12.7 Å². The number of aromatic nitrogens is 4. The Bertz CT molecular complexity index is 1350. The second kappa shape index (κ2) is 7.23. The summed E-state index contributed by atoms with van der Waals surface area (Å²) < 4.78 is 32.5. The molecule has 0 saturated carbocycles. The van der Waals surface area contributed by atoms with Gasteiger partial charge in [-0.25, -0.2) is 18.7 Å². The van der Waals surface area contributed by atoms with Crippen LogP contribution in [0.5, 0.6) is 0 Å². The van der Waals surface area contributed by atoms with Gasteiger partial charge in [-0.2, -0.15) is 0 Å². The van der Waals surface area contributed by atoms with Crippen LogP contribution in [0.2, 0.25) is 0 Å². The number of nitrogens with one attached hydrogen (secondary N) is 1. The molecule has 1 aliphatic rings. The number of H-pyrrole nitrogens is 1. The standard InChI is InChI=1S/C23H23F2N5O/c1-3-29-8-6-23(25,7-9-29)22-27-20-17(21(31)28-22)10-16(11-18(20)24)15-4-5-19-26-14(2)12-30(19)13-15/h4-5,10-13H,3,6-9H2,1-2H3,(H,27,28,31). The first-order chi connectivity index (χ1) is 14.9. The zero-order chi connectivity index (χ0) is 21.8. The number of aromatic amines is 1. The monoisotopic (exact) mass is 423 g/mol. The average Bonchev–Trinajstić information content (AvgIpc) is 3.14. The number of piperidine rings is 1. The molecule has 6 nitrogen and oxygen atoms in total. The van der Waals surface area contributed by atoms with Crippen LogP contribution in [0.1, 0.15) is 31.3 Å². The van der Waals surface area contributed by atoms with Crippen molar-refractivity contribution in [2.24, 2.45) is 0 Å². The van der Waals surface area contributed by atoms with Crippen LogP contribution in [0.4, 0.5) is 8.78 Å². The van der Waals surface area contributed by atoms with E-state index >= 15 is 8.78 Å². The number of alkyl halides is 1. The number of benzene rings is 1. The van der Waals surface area contributed by atoms with Gasteiger partial charge in [0.1, 0.15) is 22.8 Å². The van der Waals surface area contributed by atoms with Gasteiger partial charge in [-0.05, 0) is 48.9 Å². The van der Waals surface area contributed by atoms with Crippen molar-refractivity contribution in [2.75, 3.05) is 19.6 Å². The summed E-state index contributed by atoms with van der Waals surface area (Å²) in [5.74, 6) is -0.723. The largest absolute Gasteiger partial charge is 0.307 e. The fourth-order valence-corrected chi connectivity index (χ4v) is 4.33. The topological polar surface area (TPSA) is 66.3 Å². The van der Waals surface area contributed by atoms with Gasteiger partial charge in [-0.15, -0.1) is 0 Å². The lowest BCUT2D eigenvalue weighted by Crippen LogP contribution is -2.41. The molecular formula is C23H23F2N5O. The molecule has 1 fully saturated rings. The molecule has 0 bridgehead atoms. The lowest BCUT2D eigenvalue weighted by molar-refractivity contribution is 0.0508. The lowest BCUT2D eigenvalue weighted by atomic mass is 9.92. The molecule has 0 atom stereocenters. The second-order valence-corrected chi connectivity index (χ2v) is 8.23. The normalized spacial score (nSPS) is 16.9. The fraction of sp³-hybridized carbons (Fsp3) is 0.348. The molecular weight excluding hydrogens is 400 g/mol. The van der Waals surface area contributed by atoms with E-state index in [0.29, 0.717) is 18.7 Å². The van der Waals surface area contributed by atoms with Crippen molar-refractivity contribution in [1.82, 2.24) is 24.3 Å². The predicted octanol–water partition coefficient (Wildman–Crippen LogP) is 3.97. The quantitative estimate of drug-likeness (QED) is 0.542. The minimum atomic E-state index is -1.76. The van der Waals surface area contributed by atoms with Crippen LogP contribution in [0.15, 0.2) is 41.5 Å². The minimum absolute atomic E-state index is 0.0808. The third-order valence-corrected chi connectivity index (χ3v) is 6.19. The van der Waals surface area contributed by atoms with Crippen molar-refractivity contribution < 1.29 is 8.78 Å². The molecule has 1 aromatic carbocycles. The Kier molecular flexibility index (Phi) is 4.62. The van der Waals surface area contributed by atoms with Crippen LogP contribution in [-0.4, -0.2) is 43.9 Å². The highest BCUT2D eigenvalue weighted by Gasteiger charge is 2.38. The van der Waals surface area contributed by atoms with E-state index in [1.165, 1.54) is 6.07 Å². The highest BCUT2D eigenvalue weighted by Crippen LogP contribution is 2.35. The summed E-state index contributed by atoms with van der Waals surface area (Å²) in [6, 6.07) is 6.61. The number of hydrogen-bond acceptors (Lipinski definition) is 4. The molecule has 3 aromatic heterocycles. The number of pyridine rings is 1. The summed E-state index contributed by atoms with van der Waals surface area (Å²) >= 11 is 0. The van der Waals surface area contributed by atoms with Crippen LogP contribution >= 0.6 is 0 Å². The number of halogens is 2. The predicted molar refractivity (Wildman–Crippen MR) is 115 cm³/mol. The van der Waals surface area contributed by atoms with Gasteiger partial charge >= 0.3 is 0 Å². The van der Waals surface area contributed by atoms with Crippen molar-refractivity contribution in [3.05, 3.63) is 64.3 Å². The Labute approximate surface area is 177 Å². The summed E-state index contributed by atoms with van der Waals surface area (Å²) in [6.07, 6.45) is 4.16. The van der Waals surface area contributed by atoms with E-state index in [4.69, 9.17) is 0 Å². The first-order valence-electron chi connectivity index (χ1n) is 10.5. The Balaban J connectivity index is 1.58. The molecule has 1 N–H and O–H groups in total. The maximum atomic E-state index is 15.6. The Hall–Kier alpha value is -3.13. The zero-order valence-electron chi connectivity index (χ0n) is 17.5. The highest BCUT2D eigenvalue weighted by atomic mass is 19.1. The van der Waals surface area contributed by atoms with E-state index in [1.807, 2.05) is 42.8 Å². The van der Waals surface area contributed by atoms with Gasteiger partial charge in [0.25, 0.3) is 5.56 Å². The number of fused-ring (bicyclic) bond motifs is 2. The number of rotatable bonds is 3. The van der Waals surface area contributed by atoms with Gasteiger partial charge in [-0.1, -0.05) is 6.92 Å². The molecule has 160 valence electrons. The SMILES string of the molecule is CCN1CCC(F)(c2nc3c(F)cc(-c4ccc5nc(C)cn5c4)cc3c(=O)[nH]2)CC1. The molecule has 1 aliphatic heterocycles. The zero-order valence-corrected chi connectivity index (χ0v) is 17.5. The number of imidazole rings is 1. The summed E-state index contributed by atoms with van der Waals surface area (Å²) in [5.41, 5.74) is 0.558. The van der Waals surface area contributed by atoms with Gasteiger partial charge in [-0.3, -0.25) is 4.79 Å². The van der Waals surface area contributed by atoms with Crippen LogP contribution in [-0.2, 0) is 5.67 Å². The Morgan fingerprint density at radius 1 is 1.13 bits per heavy atom. The molecule has 8 heteroatoms. The van der Waals surface area contributed by atoms with Crippen molar-refractivity contribution in [3.8, 4) is 11.1 Å². The van der Waals surface area contributed by atoms with Crippen LogP contribution < -0.4 is 5.56 Å². The van der Waals surface area contributed by atoms with E-state index in [0.717, 1.165) is 23.4 Å². The van der Waals surface area contributed by atoms with Crippen LogP contribution in [0.25, 0.3) is 27.7 Å². The third-order valence-electron chi connectivity index (χ3n) is 6.19. The van der Waals surface area contributed by atoms with E-state index in [9.17, 15) is 4.79 Å². The summed E-state index contributed by atoms with van der Waals surface area (Å²) in [4.78, 5) is 26.1. The molecule has 0 aliphatic carbocycles. The summed E-state index contributed by atoms with van der Waals surface area (Å²) in [5, 5.41) is 0.107. The van der Waals surface area contributed by atoms with Gasteiger partial charge in [0.2, 0.25) is 0 Å². The molecule has 0 amide bonds. The number of likely N-dealkylation sites (tertiary alicyclic amines) is 1. The van der Waals surface area contributed by atoms with Gasteiger partial charge in [0, 0.05) is 38.3 Å². The summed E-state index contributed by atoms with van der Waals surface area (Å²) in [7, 11) is 0. The molecule has 1 saturated heterocycles. The number of aryl methyl sites for hydroxylation is 1. The van der Waals surface area contributed by atoms with Crippen molar-refractivity contribution >= 4 is 16.6 Å². The molecule has 0 spiro atoms. The van der Waals surface area contributed by atoms with Gasteiger partial charge in [0.05, 0.1) is 11.1 Å². The maximum absolute atomic E-state index is 15.6. The maximum Gasteiger partial charge on any atom is 0.258 e. The average molecular weight is 423 g/mol. The van der Waals surface area contributed by atoms with Crippen molar-refractivity contribution in [2.45, 2.75) is 32.4 Å². The molecule has 0 radical (unpaired) electrons. The molecule has 31 heavy (non-hydrogen) atoms. The fourth-order valence-electron chi connectivity index (χ4n) is 4.33. The highest BCUT2D eigenvalue weighted by molar-refractivity contribution is 5.84. The number of hydrogen-bond donors (Lipinski definition) is 1. The molecule has 5 rings (SSSR count). The van der Waals surface area contributed by atoms with Gasteiger partial charge in [0.15, 0.2) is 5.67 Å². The molecule has 4 heterocycles. The molecule has 4 aromatic rings. The van der Waals surface area contributed by atoms with E-state index in [2.05, 4.69) is 19.9 Å². The Morgan fingerprint density at radius 3 is 2.65 bits per heavy atom. The third kappa shape index (κ3) is 3.40. The molecule has 0 unspecified atom stereocenters. The first-order valence-corrected chi connectivity index (χ1v) is 10.5. The van der Waals surface area contributed by atoms with Crippen LogP contribution in [0.3, 0.4) is 0 Å². The summed E-state index contributed by atoms with van der Waals surface area (Å²) in [6.45, 7) is 5.92. The number of nitrogens with zero attached hydrogens (tertiary/aromatic N) is 4. The van der Waals surface area contributed by atoms with Crippen molar-refractivity contribution in [1.29, 1.82) is 0 Å². The van der Waals surface area contributed by atoms with E-state index < -0.39 is 17.0 Å². The smallest absolute Gasteiger partial charge is 0.258 e. The second-order valence-electron chi connectivity index (χ2n) is 8.23. The Morgan fingerprint density at radius 2 is 1.90 bits per heavy atom. The minimum Gasteiger partial charge on any atom is -0.307 e. The van der Waals surface area contributed by atoms with E-state index in [1.54, 1.807) is 6.07 Å². The van der Waals surface area contributed by atoms with E-state index in [-0.39, 0.29) is 29.6 Å².